The Morgan fingerprint density at radius 1 is 1.33 bits per heavy atom. The summed E-state index contributed by atoms with van der Waals surface area (Å²) in [5, 5.41) is 11.0. The summed E-state index contributed by atoms with van der Waals surface area (Å²) in [6.07, 6.45) is -3.76. The lowest BCUT2D eigenvalue weighted by Crippen LogP contribution is -2.36. The van der Waals surface area contributed by atoms with Crippen LogP contribution in [0.4, 0.5) is 13.2 Å². The fraction of sp³-hybridized carbons (Fsp3) is 0.385. The van der Waals surface area contributed by atoms with Gasteiger partial charge in [0.15, 0.2) is 0 Å². The molecule has 1 unspecified atom stereocenters. The Balaban J connectivity index is 2.39. The first kappa shape index (κ1) is 17.4. The average molecular weight is 321 g/mol. The summed E-state index contributed by atoms with van der Waals surface area (Å²) in [7, 11) is 0. The van der Waals surface area contributed by atoms with Gasteiger partial charge in [0.2, 0.25) is 6.41 Å². The van der Waals surface area contributed by atoms with Gasteiger partial charge in [0, 0.05) is 5.75 Å². The summed E-state index contributed by atoms with van der Waals surface area (Å²) < 4.78 is 37.1. The van der Waals surface area contributed by atoms with Crippen molar-refractivity contribution < 1.29 is 27.9 Å². The molecule has 4 nitrogen and oxygen atoms in total. The minimum Gasteiger partial charge on any atom is -0.480 e. The maximum atomic E-state index is 12.4. The summed E-state index contributed by atoms with van der Waals surface area (Å²) in [6, 6.07) is 3.89. The fourth-order valence-electron chi connectivity index (χ4n) is 1.54. The number of rotatable bonds is 8. The number of carboxylic acid groups (broad SMARTS) is 1. The normalized spacial score (nSPS) is 12.7. The maximum absolute atomic E-state index is 12.4. The van der Waals surface area contributed by atoms with Gasteiger partial charge < -0.3 is 10.4 Å². The van der Waals surface area contributed by atoms with E-state index >= 15 is 0 Å². The third kappa shape index (κ3) is 6.07. The van der Waals surface area contributed by atoms with Crippen LogP contribution in [0.3, 0.4) is 0 Å². The molecule has 0 saturated heterocycles. The lowest BCUT2D eigenvalue weighted by atomic mass is 10.1. The molecule has 8 heteroatoms. The zero-order chi connectivity index (χ0) is 15.9. The van der Waals surface area contributed by atoms with E-state index in [2.05, 4.69) is 5.32 Å². The number of thioether (sulfide) groups is 1. The molecule has 0 aliphatic heterocycles. The predicted molar refractivity (Wildman–Crippen MR) is 72.8 cm³/mol. The van der Waals surface area contributed by atoms with Crippen molar-refractivity contribution in [3.8, 4) is 0 Å². The molecule has 0 aliphatic rings. The number of amides is 1. The zero-order valence-electron chi connectivity index (χ0n) is 10.9. The zero-order valence-corrected chi connectivity index (χ0v) is 11.7. The monoisotopic (exact) mass is 321 g/mol. The van der Waals surface area contributed by atoms with Crippen LogP contribution < -0.4 is 5.32 Å². The number of carbonyl (C=O) groups excluding carboxylic acids is 1. The molecule has 1 rings (SSSR count). The summed E-state index contributed by atoms with van der Waals surface area (Å²) in [6.45, 7) is 0. The Labute approximate surface area is 123 Å². The summed E-state index contributed by atoms with van der Waals surface area (Å²) >= 11 is 1.39. The van der Waals surface area contributed by atoms with E-state index in [-0.39, 0.29) is 6.42 Å². The van der Waals surface area contributed by atoms with Crippen LogP contribution in [-0.4, -0.2) is 29.3 Å². The Morgan fingerprint density at radius 2 is 1.95 bits per heavy atom. The van der Waals surface area contributed by atoms with Gasteiger partial charge in [0.25, 0.3) is 0 Å². The maximum Gasteiger partial charge on any atom is 0.416 e. The number of nitrogens with one attached hydrogen (secondary N) is 1. The molecule has 0 aliphatic carbocycles. The summed E-state index contributed by atoms with van der Waals surface area (Å²) in [5.41, 5.74) is 0.0283. The van der Waals surface area contributed by atoms with Crippen molar-refractivity contribution >= 4 is 24.1 Å². The number of benzene rings is 1. The summed E-state index contributed by atoms with van der Waals surface area (Å²) in [4.78, 5) is 21.0. The second-order valence-electron chi connectivity index (χ2n) is 4.21. The molecule has 1 amide bonds. The number of halogens is 3. The second kappa shape index (κ2) is 7.92. The molecule has 0 heterocycles. The van der Waals surface area contributed by atoms with Crippen LogP contribution in [-0.2, 0) is 21.5 Å². The van der Waals surface area contributed by atoms with Crippen LogP contribution in [0.25, 0.3) is 0 Å². The highest BCUT2D eigenvalue weighted by atomic mass is 32.2. The SMILES string of the molecule is O=CNC(CCSCc1ccc(C(F)(F)F)cc1)C(=O)O. The molecule has 1 aromatic carbocycles. The van der Waals surface area contributed by atoms with Crippen LogP contribution in [0.1, 0.15) is 17.5 Å². The Hall–Kier alpha value is -1.70. The largest absolute Gasteiger partial charge is 0.480 e. The Kier molecular flexibility index (Phi) is 6.54. The van der Waals surface area contributed by atoms with Crippen molar-refractivity contribution in [1.29, 1.82) is 0 Å². The highest BCUT2D eigenvalue weighted by Gasteiger charge is 2.29. The van der Waals surface area contributed by atoms with E-state index in [1.807, 2.05) is 0 Å². The molecule has 2 N–H and O–H groups in total. The third-order valence-corrected chi connectivity index (χ3v) is 3.73. The topological polar surface area (TPSA) is 66.4 Å². The van der Waals surface area contributed by atoms with E-state index in [1.165, 1.54) is 23.9 Å². The number of hydrogen-bond acceptors (Lipinski definition) is 3. The lowest BCUT2D eigenvalue weighted by Gasteiger charge is -2.11. The van der Waals surface area contributed by atoms with E-state index in [4.69, 9.17) is 5.11 Å². The molecule has 116 valence electrons. The van der Waals surface area contributed by atoms with Crippen LogP contribution in [0, 0.1) is 0 Å². The summed E-state index contributed by atoms with van der Waals surface area (Å²) in [5.74, 6) is -0.165. The molecule has 0 saturated carbocycles. The fourth-order valence-corrected chi connectivity index (χ4v) is 2.52. The van der Waals surface area contributed by atoms with Gasteiger partial charge in [-0.1, -0.05) is 12.1 Å². The minimum absolute atomic E-state index is 0.249. The van der Waals surface area contributed by atoms with E-state index < -0.39 is 23.8 Å². The van der Waals surface area contributed by atoms with Gasteiger partial charge in [0.1, 0.15) is 6.04 Å². The molecule has 0 bridgehead atoms. The van der Waals surface area contributed by atoms with Crippen LogP contribution in [0.2, 0.25) is 0 Å². The van der Waals surface area contributed by atoms with E-state index in [0.29, 0.717) is 17.9 Å². The van der Waals surface area contributed by atoms with Gasteiger partial charge in [-0.15, -0.1) is 0 Å². The predicted octanol–water partition coefficient (Wildman–Crippen LogP) is 2.53. The molecule has 0 fully saturated rings. The van der Waals surface area contributed by atoms with Gasteiger partial charge in [0.05, 0.1) is 5.56 Å². The number of hydrogen-bond donors (Lipinski definition) is 2. The molecule has 1 aromatic rings. The van der Waals surface area contributed by atoms with E-state index in [0.717, 1.165) is 17.7 Å². The first-order valence-electron chi connectivity index (χ1n) is 6.01. The highest BCUT2D eigenvalue weighted by molar-refractivity contribution is 7.98. The molecule has 1 atom stereocenters. The quantitative estimate of drug-likeness (QED) is 0.570. The third-order valence-electron chi connectivity index (χ3n) is 2.67. The van der Waals surface area contributed by atoms with E-state index in [9.17, 15) is 22.8 Å². The van der Waals surface area contributed by atoms with Crippen molar-refractivity contribution in [3.63, 3.8) is 0 Å². The standard InChI is InChI=1S/C13H14F3NO3S/c14-13(15,16)10-3-1-9(2-4-10)7-21-6-5-11(12(19)20)17-8-18/h1-4,8,11H,5-7H2,(H,17,18)(H,19,20). The number of carbonyl (C=O) groups is 2. The molecule has 0 spiro atoms. The van der Waals surface area contributed by atoms with Gasteiger partial charge in [-0.05, 0) is 29.9 Å². The first-order chi connectivity index (χ1) is 9.84. The van der Waals surface area contributed by atoms with Crippen molar-refractivity contribution in [1.82, 2.24) is 5.32 Å². The van der Waals surface area contributed by atoms with Gasteiger partial charge in [-0.3, -0.25) is 4.79 Å². The lowest BCUT2D eigenvalue weighted by molar-refractivity contribution is -0.140. The van der Waals surface area contributed by atoms with Crippen LogP contribution in [0.15, 0.2) is 24.3 Å². The smallest absolute Gasteiger partial charge is 0.416 e. The molecular formula is C13H14F3NO3S. The molecular weight excluding hydrogens is 307 g/mol. The van der Waals surface area contributed by atoms with Crippen LogP contribution in [0.5, 0.6) is 0 Å². The second-order valence-corrected chi connectivity index (χ2v) is 5.32. The van der Waals surface area contributed by atoms with Gasteiger partial charge >= 0.3 is 12.1 Å². The highest BCUT2D eigenvalue weighted by Crippen LogP contribution is 2.29. The van der Waals surface area contributed by atoms with Crippen LogP contribution >= 0.6 is 11.8 Å². The first-order valence-corrected chi connectivity index (χ1v) is 7.16. The van der Waals surface area contributed by atoms with Gasteiger partial charge in [-0.25, -0.2) is 4.79 Å². The molecule has 0 radical (unpaired) electrons. The Bertz CT molecular complexity index is 477. The van der Waals surface area contributed by atoms with Crippen molar-refractivity contribution in [3.05, 3.63) is 35.4 Å². The van der Waals surface area contributed by atoms with Crippen molar-refractivity contribution in [2.75, 3.05) is 5.75 Å². The average Bonchev–Trinajstić information content (AvgIpc) is 2.41. The van der Waals surface area contributed by atoms with E-state index in [1.54, 1.807) is 0 Å². The van der Waals surface area contributed by atoms with Crippen molar-refractivity contribution in [2.45, 2.75) is 24.4 Å². The van der Waals surface area contributed by atoms with Crippen molar-refractivity contribution in [2.24, 2.45) is 0 Å². The number of carboxylic acids is 1. The van der Waals surface area contributed by atoms with Gasteiger partial charge in [-0.2, -0.15) is 24.9 Å². The molecule has 21 heavy (non-hydrogen) atoms. The Morgan fingerprint density at radius 3 is 2.43 bits per heavy atom. The number of alkyl halides is 3. The number of aliphatic carboxylic acids is 1. The molecule has 0 aromatic heterocycles. The minimum atomic E-state index is -4.35.